The molecule has 0 unspecified atom stereocenters. The molecule has 148 valence electrons. The van der Waals surface area contributed by atoms with Gasteiger partial charge in [0, 0.05) is 12.8 Å². The molecule has 0 aliphatic rings. The minimum atomic E-state index is -0.134. The third-order valence-electron chi connectivity index (χ3n) is 4.37. The Balaban J connectivity index is 1.81. The number of nitrogens with zero attached hydrogens (tertiary/aromatic N) is 1. The van der Waals surface area contributed by atoms with Gasteiger partial charge in [0.2, 0.25) is 0 Å². The van der Waals surface area contributed by atoms with Crippen molar-refractivity contribution in [3.05, 3.63) is 52.4 Å². The quantitative estimate of drug-likeness (QED) is 0.465. The standard InChI is InChI=1S/C21H23NO6/c1-27-20-11-14(5-9-18(20)22-26)3-7-16(23)13-17(24)8-4-15-6-10-19(25)21(12-15)28-2/h5-6,9-12,25H,3-4,7-8,13H2,1-2H3. The number of phenols is 1. The van der Waals surface area contributed by atoms with Crippen molar-refractivity contribution in [2.24, 2.45) is 5.18 Å². The molecule has 0 aliphatic carbocycles. The number of aryl methyl sites for hydroxylation is 2. The third-order valence-corrected chi connectivity index (χ3v) is 4.37. The zero-order valence-corrected chi connectivity index (χ0v) is 15.9. The SMILES string of the molecule is COc1cc(CCC(=O)CC(=O)CCc2ccc(N=O)c(OC)c2)ccc1O. The van der Waals surface area contributed by atoms with Crippen LogP contribution < -0.4 is 9.47 Å². The molecule has 0 saturated carbocycles. The molecule has 2 rings (SSSR count). The van der Waals surface area contributed by atoms with Gasteiger partial charge in [0.05, 0.1) is 20.6 Å². The van der Waals surface area contributed by atoms with Crippen LogP contribution in [0.5, 0.6) is 17.2 Å². The van der Waals surface area contributed by atoms with E-state index in [9.17, 15) is 19.6 Å². The first-order chi connectivity index (χ1) is 13.5. The van der Waals surface area contributed by atoms with Gasteiger partial charge in [0.15, 0.2) is 11.5 Å². The summed E-state index contributed by atoms with van der Waals surface area (Å²) in [4.78, 5) is 34.8. The Bertz CT molecular complexity index is 862. The van der Waals surface area contributed by atoms with Gasteiger partial charge in [-0.15, -0.1) is 4.91 Å². The van der Waals surface area contributed by atoms with Crippen LogP contribution in [-0.4, -0.2) is 30.9 Å². The number of nitroso groups, excluding NO2 is 1. The van der Waals surface area contributed by atoms with Crippen molar-refractivity contribution in [2.75, 3.05) is 14.2 Å². The first kappa shape index (κ1) is 21.1. The molecule has 7 heteroatoms. The maximum atomic E-state index is 12.1. The van der Waals surface area contributed by atoms with Gasteiger partial charge in [0.25, 0.3) is 0 Å². The fourth-order valence-corrected chi connectivity index (χ4v) is 2.79. The van der Waals surface area contributed by atoms with Gasteiger partial charge in [0.1, 0.15) is 23.0 Å². The maximum absolute atomic E-state index is 12.1. The van der Waals surface area contributed by atoms with Crippen LogP contribution in [0, 0.1) is 4.91 Å². The number of hydrogen-bond acceptors (Lipinski definition) is 7. The average molecular weight is 385 g/mol. The Morgan fingerprint density at radius 1 is 0.893 bits per heavy atom. The largest absolute Gasteiger partial charge is 0.504 e. The van der Waals surface area contributed by atoms with E-state index >= 15 is 0 Å². The summed E-state index contributed by atoms with van der Waals surface area (Å²) in [6, 6.07) is 9.84. The molecule has 0 aliphatic heterocycles. The Labute approximate surface area is 163 Å². The molecule has 7 nitrogen and oxygen atoms in total. The molecule has 0 aromatic heterocycles. The highest BCUT2D eigenvalue weighted by molar-refractivity contribution is 5.99. The van der Waals surface area contributed by atoms with Crippen molar-refractivity contribution >= 4 is 17.3 Å². The predicted molar refractivity (Wildman–Crippen MR) is 104 cm³/mol. The van der Waals surface area contributed by atoms with Crippen LogP contribution in [0.2, 0.25) is 0 Å². The van der Waals surface area contributed by atoms with Crippen molar-refractivity contribution in [2.45, 2.75) is 32.1 Å². The van der Waals surface area contributed by atoms with Gasteiger partial charge >= 0.3 is 0 Å². The van der Waals surface area contributed by atoms with Crippen molar-refractivity contribution in [1.29, 1.82) is 0 Å². The first-order valence-electron chi connectivity index (χ1n) is 8.86. The van der Waals surface area contributed by atoms with E-state index in [0.29, 0.717) is 24.3 Å². The lowest BCUT2D eigenvalue weighted by Gasteiger charge is -2.07. The number of carbonyl (C=O) groups is 2. The summed E-state index contributed by atoms with van der Waals surface area (Å²) in [7, 11) is 2.91. The topological polar surface area (TPSA) is 102 Å². The van der Waals surface area contributed by atoms with E-state index in [1.165, 1.54) is 20.3 Å². The molecule has 2 aromatic rings. The number of hydrogen-bond donors (Lipinski definition) is 1. The summed E-state index contributed by atoms with van der Waals surface area (Å²) in [6.07, 6.45) is 1.29. The normalized spacial score (nSPS) is 10.4. The fraction of sp³-hybridized carbons (Fsp3) is 0.333. The zero-order valence-electron chi connectivity index (χ0n) is 15.9. The summed E-state index contributed by atoms with van der Waals surface area (Å²) >= 11 is 0. The number of rotatable bonds is 11. The van der Waals surface area contributed by atoms with Crippen LogP contribution in [0.4, 0.5) is 5.69 Å². The fourth-order valence-electron chi connectivity index (χ4n) is 2.79. The summed E-state index contributed by atoms with van der Waals surface area (Å²) in [5, 5.41) is 12.5. The molecule has 0 saturated heterocycles. The predicted octanol–water partition coefficient (Wildman–Crippen LogP) is 3.90. The number of methoxy groups -OCH3 is 2. The van der Waals surface area contributed by atoms with Crippen LogP contribution in [0.1, 0.15) is 30.4 Å². The zero-order chi connectivity index (χ0) is 20.5. The smallest absolute Gasteiger partial charge is 0.160 e. The van der Waals surface area contributed by atoms with Gasteiger partial charge in [-0.25, -0.2) is 0 Å². The molecular weight excluding hydrogens is 362 g/mol. The van der Waals surface area contributed by atoms with Crippen molar-refractivity contribution in [3.63, 3.8) is 0 Å². The van der Waals surface area contributed by atoms with Crippen LogP contribution >= 0.6 is 0 Å². The van der Waals surface area contributed by atoms with Crippen LogP contribution in [-0.2, 0) is 22.4 Å². The number of carbonyl (C=O) groups excluding carboxylic acids is 2. The minimum absolute atomic E-state index is 0.0429. The number of benzene rings is 2. The van der Waals surface area contributed by atoms with E-state index in [0.717, 1.165) is 11.1 Å². The van der Waals surface area contributed by atoms with Crippen LogP contribution in [0.25, 0.3) is 0 Å². The Kier molecular flexibility index (Phi) is 7.68. The second-order valence-corrected chi connectivity index (χ2v) is 6.36. The van der Waals surface area contributed by atoms with Crippen molar-refractivity contribution in [1.82, 2.24) is 0 Å². The van der Waals surface area contributed by atoms with E-state index in [1.54, 1.807) is 30.3 Å². The summed E-state index contributed by atoms with van der Waals surface area (Å²) in [5.74, 6) is 0.494. The van der Waals surface area contributed by atoms with E-state index in [1.807, 2.05) is 0 Å². The van der Waals surface area contributed by atoms with E-state index in [4.69, 9.17) is 9.47 Å². The third kappa shape index (κ3) is 5.90. The van der Waals surface area contributed by atoms with Gasteiger partial charge in [-0.2, -0.15) is 0 Å². The molecule has 0 radical (unpaired) electrons. The minimum Gasteiger partial charge on any atom is -0.504 e. The molecule has 0 spiro atoms. The second-order valence-electron chi connectivity index (χ2n) is 6.36. The molecule has 28 heavy (non-hydrogen) atoms. The summed E-state index contributed by atoms with van der Waals surface area (Å²) < 4.78 is 10.1. The van der Waals surface area contributed by atoms with Gasteiger partial charge < -0.3 is 14.6 Å². The average Bonchev–Trinajstić information content (AvgIpc) is 2.71. The van der Waals surface area contributed by atoms with Gasteiger partial charge in [-0.1, -0.05) is 12.1 Å². The highest BCUT2D eigenvalue weighted by atomic mass is 16.5. The van der Waals surface area contributed by atoms with Gasteiger partial charge in [-0.3, -0.25) is 9.59 Å². The second kappa shape index (κ2) is 10.2. The van der Waals surface area contributed by atoms with E-state index in [-0.39, 0.29) is 42.3 Å². The molecule has 0 bridgehead atoms. The van der Waals surface area contributed by atoms with Crippen LogP contribution in [0.3, 0.4) is 0 Å². The first-order valence-corrected chi connectivity index (χ1v) is 8.86. The number of Topliss-reactive ketones (excluding diaryl/α,β-unsaturated/α-hetero) is 2. The Morgan fingerprint density at radius 3 is 1.96 bits per heavy atom. The lowest BCUT2D eigenvalue weighted by molar-refractivity contribution is -0.126. The number of ether oxygens (including phenoxy) is 2. The van der Waals surface area contributed by atoms with Gasteiger partial charge in [-0.05, 0) is 53.4 Å². The van der Waals surface area contributed by atoms with E-state index in [2.05, 4.69) is 5.18 Å². The highest BCUT2D eigenvalue weighted by Gasteiger charge is 2.12. The molecular formula is C21H23NO6. The number of aromatic hydroxyl groups is 1. The lowest BCUT2D eigenvalue weighted by Crippen LogP contribution is -2.09. The Morgan fingerprint density at radius 2 is 1.43 bits per heavy atom. The Hall–Kier alpha value is -3.22. The van der Waals surface area contributed by atoms with Crippen LogP contribution in [0.15, 0.2) is 41.6 Å². The highest BCUT2D eigenvalue weighted by Crippen LogP contribution is 2.29. The summed E-state index contributed by atoms with van der Waals surface area (Å²) in [5.41, 5.74) is 1.89. The molecule has 0 amide bonds. The maximum Gasteiger partial charge on any atom is 0.160 e. The lowest BCUT2D eigenvalue weighted by atomic mass is 10.0. The molecule has 0 atom stereocenters. The van der Waals surface area contributed by atoms with Crippen molar-refractivity contribution < 1.29 is 24.2 Å². The summed E-state index contributed by atoms with van der Waals surface area (Å²) in [6.45, 7) is 0. The van der Waals surface area contributed by atoms with E-state index < -0.39 is 0 Å². The number of phenolic OH excluding ortho intramolecular Hbond substituents is 1. The monoisotopic (exact) mass is 385 g/mol. The molecule has 1 N–H and O–H groups in total. The molecule has 0 heterocycles. The number of ketones is 2. The molecule has 2 aromatic carbocycles. The van der Waals surface area contributed by atoms with Crippen molar-refractivity contribution in [3.8, 4) is 17.2 Å². The molecule has 0 fully saturated rings.